The van der Waals surface area contributed by atoms with E-state index >= 15 is 0 Å². The molecule has 2 nitrogen and oxygen atoms in total. The van der Waals surface area contributed by atoms with Gasteiger partial charge >= 0.3 is 53.6 Å². The van der Waals surface area contributed by atoms with E-state index in [1.165, 1.54) is 0 Å². The lowest BCUT2D eigenvalue weighted by Gasteiger charge is -2.42. The van der Waals surface area contributed by atoms with Gasteiger partial charge in [-0.25, -0.2) is 9.18 Å². The summed E-state index contributed by atoms with van der Waals surface area (Å²) in [4.78, 5) is 10.4. The number of allylic oxidation sites excluding steroid dienone is 1. The van der Waals surface area contributed by atoms with Crippen molar-refractivity contribution in [3.8, 4) is 0 Å². The molecule has 0 fully saturated rings. The van der Waals surface area contributed by atoms with Crippen LogP contribution in [-0.4, -0.2) is 64.9 Å². The molecule has 1 N–H and O–H groups in total. The molecular weight excluding hydrogens is 542 g/mol. The van der Waals surface area contributed by atoms with E-state index in [0.29, 0.717) is 6.92 Å². The van der Waals surface area contributed by atoms with Gasteiger partial charge in [0.2, 0.25) is 0 Å². The van der Waals surface area contributed by atoms with E-state index < -0.39 is 77.8 Å². The average molecular weight is 550 g/mol. The second-order valence-electron chi connectivity index (χ2n) is 6.52. The zero-order valence-corrected chi connectivity index (χ0v) is 15.5. The zero-order valence-electron chi connectivity index (χ0n) is 15.5. The standard InChI is InChI=1S/C14H8F18O2/c1-4(6(33)34)2-5(15)3-7(16,17)8(18,19)9(20,21)10(22,23)11(24,25)12(26,27)13(28,29)14(30,31)32/h2,5H,3H2,1H3,(H,33,34). The summed E-state index contributed by atoms with van der Waals surface area (Å²) in [7, 11) is 0. The van der Waals surface area contributed by atoms with Gasteiger partial charge in [-0.05, 0) is 13.0 Å². The summed E-state index contributed by atoms with van der Waals surface area (Å²) in [6, 6.07) is 0. The van der Waals surface area contributed by atoms with Crippen LogP contribution in [0.15, 0.2) is 11.6 Å². The Morgan fingerprint density at radius 3 is 1.24 bits per heavy atom. The van der Waals surface area contributed by atoms with Crippen molar-refractivity contribution in [3.05, 3.63) is 11.6 Å². The van der Waals surface area contributed by atoms with E-state index in [4.69, 9.17) is 5.11 Å². The molecule has 0 amide bonds. The first-order valence-electron chi connectivity index (χ1n) is 7.74. The molecule has 0 heterocycles. The summed E-state index contributed by atoms with van der Waals surface area (Å²) in [5, 5.41) is 8.33. The quantitative estimate of drug-likeness (QED) is 0.241. The highest BCUT2D eigenvalue weighted by Crippen LogP contribution is 2.64. The van der Waals surface area contributed by atoms with Crippen molar-refractivity contribution >= 4 is 5.97 Å². The second-order valence-corrected chi connectivity index (χ2v) is 6.52. The fourth-order valence-electron chi connectivity index (χ4n) is 1.97. The number of carbonyl (C=O) groups is 1. The molecule has 202 valence electrons. The number of carboxylic acids is 1. The number of aliphatic carboxylic acids is 1. The van der Waals surface area contributed by atoms with Crippen LogP contribution in [0.1, 0.15) is 13.3 Å². The van der Waals surface area contributed by atoms with Crippen LogP contribution in [0.25, 0.3) is 0 Å². The normalized spacial score (nSPS) is 17.1. The molecule has 0 aliphatic rings. The monoisotopic (exact) mass is 550 g/mol. The SMILES string of the molecule is CC(=CC(F)CC(F)(F)C(F)(F)C(F)(F)C(F)(F)C(F)(F)C(F)(F)C(F)(F)C(F)(F)F)C(=O)O. The Kier molecular flexibility index (Phi) is 8.04. The molecule has 0 saturated carbocycles. The van der Waals surface area contributed by atoms with Crippen molar-refractivity contribution < 1.29 is 88.9 Å². The van der Waals surface area contributed by atoms with Gasteiger partial charge in [-0.15, -0.1) is 0 Å². The predicted molar refractivity (Wildman–Crippen MR) is 71.6 cm³/mol. The molecule has 0 aromatic heterocycles. The molecule has 0 aliphatic carbocycles. The van der Waals surface area contributed by atoms with E-state index in [-0.39, 0.29) is 0 Å². The molecule has 0 aromatic rings. The van der Waals surface area contributed by atoms with Crippen molar-refractivity contribution in [2.24, 2.45) is 0 Å². The number of alkyl halides is 18. The first-order valence-corrected chi connectivity index (χ1v) is 7.74. The molecule has 0 aromatic carbocycles. The highest BCUT2D eigenvalue weighted by atomic mass is 19.4. The number of carboxylic acid groups (broad SMARTS) is 1. The Labute approximate surface area is 175 Å². The van der Waals surface area contributed by atoms with Crippen LogP contribution in [-0.2, 0) is 4.79 Å². The fourth-order valence-corrected chi connectivity index (χ4v) is 1.97. The topological polar surface area (TPSA) is 37.3 Å². The number of hydrogen-bond acceptors (Lipinski definition) is 1. The smallest absolute Gasteiger partial charge is 0.460 e. The van der Waals surface area contributed by atoms with Crippen LogP contribution in [0, 0.1) is 0 Å². The first-order chi connectivity index (χ1) is 14.5. The van der Waals surface area contributed by atoms with Crippen molar-refractivity contribution in [3.63, 3.8) is 0 Å². The maximum absolute atomic E-state index is 13.5. The fraction of sp³-hybridized carbons (Fsp3) is 0.786. The van der Waals surface area contributed by atoms with E-state index in [1.807, 2.05) is 0 Å². The van der Waals surface area contributed by atoms with Gasteiger partial charge in [-0.1, -0.05) is 0 Å². The van der Waals surface area contributed by atoms with Gasteiger partial charge in [0, 0.05) is 5.57 Å². The largest absolute Gasteiger partial charge is 0.478 e. The van der Waals surface area contributed by atoms with Crippen LogP contribution in [0.2, 0.25) is 0 Å². The summed E-state index contributed by atoms with van der Waals surface area (Å²) < 4.78 is 235. The van der Waals surface area contributed by atoms with Gasteiger partial charge in [0.25, 0.3) is 0 Å². The minimum Gasteiger partial charge on any atom is -0.478 e. The Morgan fingerprint density at radius 2 is 0.941 bits per heavy atom. The molecule has 1 atom stereocenters. The summed E-state index contributed by atoms with van der Waals surface area (Å²) in [5.74, 6) is -60.0. The van der Waals surface area contributed by atoms with Crippen molar-refractivity contribution in [1.29, 1.82) is 0 Å². The Hall–Kier alpha value is -2.05. The molecule has 0 spiro atoms. The lowest BCUT2D eigenvalue weighted by atomic mass is 9.87. The number of halogens is 18. The van der Waals surface area contributed by atoms with Gasteiger partial charge in [0.15, 0.2) is 0 Å². The predicted octanol–water partition coefficient (Wildman–Crippen LogP) is 6.75. The molecular formula is C14H8F18O2. The van der Waals surface area contributed by atoms with Crippen LogP contribution < -0.4 is 0 Å². The molecule has 0 radical (unpaired) electrons. The van der Waals surface area contributed by atoms with Crippen molar-refractivity contribution in [2.45, 2.75) is 67.2 Å². The molecule has 0 saturated heterocycles. The van der Waals surface area contributed by atoms with E-state index in [0.717, 1.165) is 0 Å². The van der Waals surface area contributed by atoms with Gasteiger partial charge in [-0.3, -0.25) is 0 Å². The summed E-state index contributed by atoms with van der Waals surface area (Å²) in [6.45, 7) is 0.414. The minimum absolute atomic E-state index is 0.414. The Bertz CT molecular complexity index is 793. The van der Waals surface area contributed by atoms with Crippen LogP contribution in [0.4, 0.5) is 79.0 Å². The lowest BCUT2D eigenvalue weighted by Crippen LogP contribution is -2.74. The third-order valence-corrected chi connectivity index (χ3v) is 4.01. The molecule has 20 heteroatoms. The third-order valence-electron chi connectivity index (χ3n) is 4.01. The van der Waals surface area contributed by atoms with E-state index in [9.17, 15) is 83.8 Å². The highest BCUT2D eigenvalue weighted by molar-refractivity contribution is 5.85. The van der Waals surface area contributed by atoms with Crippen LogP contribution in [0.3, 0.4) is 0 Å². The molecule has 0 bridgehead atoms. The summed E-state index contributed by atoms with van der Waals surface area (Å²) in [5.41, 5.74) is -1.26. The Balaban J connectivity index is 6.60. The second kappa shape index (κ2) is 8.56. The lowest BCUT2D eigenvalue weighted by molar-refractivity contribution is -0.462. The van der Waals surface area contributed by atoms with Crippen LogP contribution >= 0.6 is 0 Å². The van der Waals surface area contributed by atoms with Gasteiger partial charge < -0.3 is 5.11 Å². The Morgan fingerprint density at radius 1 is 0.647 bits per heavy atom. The molecule has 0 aliphatic heterocycles. The third kappa shape index (κ3) is 4.59. The van der Waals surface area contributed by atoms with E-state index in [1.54, 1.807) is 0 Å². The number of hydrogen-bond donors (Lipinski definition) is 1. The first kappa shape index (κ1) is 31.9. The highest BCUT2D eigenvalue weighted by Gasteiger charge is 2.95. The van der Waals surface area contributed by atoms with Gasteiger partial charge in [0.05, 0.1) is 6.42 Å². The van der Waals surface area contributed by atoms with Gasteiger partial charge in [-0.2, -0.15) is 74.6 Å². The molecule has 0 rings (SSSR count). The van der Waals surface area contributed by atoms with Crippen molar-refractivity contribution in [1.82, 2.24) is 0 Å². The average Bonchev–Trinajstić information content (AvgIpc) is 2.58. The maximum atomic E-state index is 13.5. The maximum Gasteiger partial charge on any atom is 0.460 e. The van der Waals surface area contributed by atoms with Gasteiger partial charge in [0.1, 0.15) is 6.17 Å². The van der Waals surface area contributed by atoms with E-state index in [2.05, 4.69) is 0 Å². The minimum atomic E-state index is -8.77. The number of rotatable bonds is 10. The zero-order chi connectivity index (χ0) is 28.1. The van der Waals surface area contributed by atoms with Crippen LogP contribution in [0.5, 0.6) is 0 Å². The van der Waals surface area contributed by atoms with Crippen molar-refractivity contribution in [2.75, 3.05) is 0 Å². The molecule has 34 heavy (non-hydrogen) atoms. The summed E-state index contributed by atoms with van der Waals surface area (Å²) >= 11 is 0. The molecule has 1 unspecified atom stereocenters. The summed E-state index contributed by atoms with van der Waals surface area (Å²) in [6.07, 6.45) is -15.4.